The Morgan fingerprint density at radius 3 is 2.43 bits per heavy atom. The molecule has 2 saturated carbocycles. The molecule has 3 rings (SSSR count). The fourth-order valence-electron chi connectivity index (χ4n) is 4.60. The van der Waals surface area contributed by atoms with E-state index in [1.807, 2.05) is 0 Å². The molecule has 1 N–H and O–H groups in total. The molecule has 0 radical (unpaired) electrons. The number of nitrogens with one attached hydrogen (secondary N) is 1. The van der Waals surface area contributed by atoms with Crippen molar-refractivity contribution < 1.29 is 0 Å². The lowest BCUT2D eigenvalue weighted by molar-refractivity contribution is 0.101. The normalized spacial score (nSPS) is 27.1. The van der Waals surface area contributed by atoms with Crippen molar-refractivity contribution in [2.75, 3.05) is 7.05 Å². The second-order valence-corrected chi connectivity index (χ2v) is 7.86. The monoisotopic (exact) mass is 285 g/mol. The molecule has 1 aromatic rings. The van der Waals surface area contributed by atoms with Gasteiger partial charge in [-0.15, -0.1) is 0 Å². The first-order chi connectivity index (χ1) is 10.1. The van der Waals surface area contributed by atoms with Gasteiger partial charge in [-0.25, -0.2) is 0 Å². The van der Waals surface area contributed by atoms with Gasteiger partial charge in [0.25, 0.3) is 0 Å². The van der Waals surface area contributed by atoms with E-state index < -0.39 is 0 Å². The van der Waals surface area contributed by atoms with Crippen LogP contribution in [0.15, 0.2) is 24.3 Å². The third-order valence-electron chi connectivity index (χ3n) is 6.18. The van der Waals surface area contributed by atoms with Crippen molar-refractivity contribution in [3.63, 3.8) is 0 Å². The van der Waals surface area contributed by atoms with Gasteiger partial charge in [-0.1, -0.05) is 57.4 Å². The Morgan fingerprint density at radius 1 is 1.05 bits per heavy atom. The molecule has 0 aliphatic heterocycles. The smallest absolute Gasteiger partial charge is 0.0354 e. The minimum atomic E-state index is 0.457. The van der Waals surface area contributed by atoms with Crippen molar-refractivity contribution in [3.05, 3.63) is 35.4 Å². The van der Waals surface area contributed by atoms with E-state index in [0.717, 1.165) is 11.8 Å². The van der Waals surface area contributed by atoms with Crippen molar-refractivity contribution in [1.82, 2.24) is 5.32 Å². The first-order valence-corrected chi connectivity index (χ1v) is 8.89. The van der Waals surface area contributed by atoms with Crippen molar-refractivity contribution >= 4 is 0 Å². The summed E-state index contributed by atoms with van der Waals surface area (Å²) in [6, 6.07) is 9.77. The summed E-state index contributed by atoms with van der Waals surface area (Å²) in [7, 11) is 2.16. The first-order valence-electron chi connectivity index (χ1n) is 8.89. The lowest BCUT2D eigenvalue weighted by Crippen LogP contribution is -2.38. The van der Waals surface area contributed by atoms with Crippen LogP contribution in [-0.2, 0) is 0 Å². The molecule has 2 unspecified atom stereocenters. The molecular formula is C20H31N. The second kappa shape index (κ2) is 6.12. The minimum Gasteiger partial charge on any atom is -0.313 e. The zero-order valence-electron chi connectivity index (χ0n) is 14.0. The quantitative estimate of drug-likeness (QED) is 0.777. The van der Waals surface area contributed by atoms with Gasteiger partial charge in [0.15, 0.2) is 0 Å². The molecule has 116 valence electrons. The molecule has 2 aliphatic carbocycles. The SMILES string of the molecule is CNC(c1ccccc1C1CCC1)C1CCCCC1(C)C. The summed E-state index contributed by atoms with van der Waals surface area (Å²) in [4.78, 5) is 0. The van der Waals surface area contributed by atoms with E-state index in [4.69, 9.17) is 0 Å². The van der Waals surface area contributed by atoms with Gasteiger partial charge < -0.3 is 5.32 Å². The van der Waals surface area contributed by atoms with Crippen molar-refractivity contribution in [2.45, 2.75) is 70.8 Å². The van der Waals surface area contributed by atoms with E-state index in [-0.39, 0.29) is 0 Å². The standard InChI is InChI=1S/C20H31N/c1-20(2)14-7-6-13-18(20)19(21-3)17-12-5-4-11-16(17)15-9-8-10-15/h4-5,11-12,15,18-19,21H,6-10,13-14H2,1-3H3. The van der Waals surface area contributed by atoms with Gasteiger partial charge in [0.05, 0.1) is 0 Å². The summed E-state index contributed by atoms with van der Waals surface area (Å²) in [5.74, 6) is 1.58. The summed E-state index contributed by atoms with van der Waals surface area (Å²) in [6.07, 6.45) is 9.75. The molecule has 0 saturated heterocycles. The van der Waals surface area contributed by atoms with Crippen LogP contribution in [-0.4, -0.2) is 7.05 Å². The van der Waals surface area contributed by atoms with Gasteiger partial charge in [0.1, 0.15) is 0 Å². The molecule has 0 aromatic heterocycles. The Hall–Kier alpha value is -0.820. The van der Waals surface area contributed by atoms with Crippen LogP contribution in [0.3, 0.4) is 0 Å². The molecule has 1 nitrogen and oxygen atoms in total. The first kappa shape index (κ1) is 15.1. The van der Waals surface area contributed by atoms with Gasteiger partial charge in [-0.3, -0.25) is 0 Å². The Morgan fingerprint density at radius 2 is 1.81 bits per heavy atom. The van der Waals surface area contributed by atoms with Gasteiger partial charge in [0, 0.05) is 6.04 Å². The van der Waals surface area contributed by atoms with Crippen LogP contribution in [0.25, 0.3) is 0 Å². The fraction of sp³-hybridized carbons (Fsp3) is 0.700. The third kappa shape index (κ3) is 2.90. The van der Waals surface area contributed by atoms with Gasteiger partial charge in [0.2, 0.25) is 0 Å². The van der Waals surface area contributed by atoms with E-state index >= 15 is 0 Å². The largest absolute Gasteiger partial charge is 0.313 e. The summed E-state index contributed by atoms with van der Waals surface area (Å²) in [5.41, 5.74) is 3.67. The molecule has 0 amide bonds. The van der Waals surface area contributed by atoms with Crippen LogP contribution in [0.4, 0.5) is 0 Å². The zero-order chi connectivity index (χ0) is 14.9. The van der Waals surface area contributed by atoms with Gasteiger partial charge in [-0.05, 0) is 61.1 Å². The van der Waals surface area contributed by atoms with Crippen LogP contribution in [0.2, 0.25) is 0 Å². The Labute approximate surface area is 130 Å². The van der Waals surface area contributed by atoms with Crippen LogP contribution < -0.4 is 5.32 Å². The van der Waals surface area contributed by atoms with Crippen LogP contribution in [0, 0.1) is 11.3 Å². The number of benzene rings is 1. The highest BCUT2D eigenvalue weighted by Crippen LogP contribution is 2.49. The summed E-state index contributed by atoms with van der Waals surface area (Å²) in [6.45, 7) is 4.96. The van der Waals surface area contributed by atoms with Gasteiger partial charge >= 0.3 is 0 Å². The Kier molecular flexibility index (Phi) is 4.40. The maximum absolute atomic E-state index is 3.69. The maximum atomic E-state index is 3.69. The zero-order valence-corrected chi connectivity index (χ0v) is 14.0. The van der Waals surface area contributed by atoms with Crippen LogP contribution in [0.1, 0.15) is 81.9 Å². The Balaban J connectivity index is 1.92. The topological polar surface area (TPSA) is 12.0 Å². The lowest BCUT2D eigenvalue weighted by atomic mass is 9.63. The molecular weight excluding hydrogens is 254 g/mol. The van der Waals surface area contributed by atoms with Crippen molar-refractivity contribution in [3.8, 4) is 0 Å². The molecule has 1 aromatic carbocycles. The second-order valence-electron chi connectivity index (χ2n) is 7.86. The van der Waals surface area contributed by atoms with E-state index in [1.54, 1.807) is 11.1 Å². The minimum absolute atomic E-state index is 0.457. The molecule has 2 atom stereocenters. The molecule has 1 heteroatoms. The van der Waals surface area contributed by atoms with E-state index in [1.165, 1.54) is 44.9 Å². The maximum Gasteiger partial charge on any atom is 0.0354 e. The van der Waals surface area contributed by atoms with Crippen molar-refractivity contribution in [2.24, 2.45) is 11.3 Å². The average Bonchev–Trinajstić information content (AvgIpc) is 2.41. The fourth-order valence-corrected chi connectivity index (χ4v) is 4.60. The highest BCUT2D eigenvalue weighted by atomic mass is 14.9. The number of hydrogen-bond acceptors (Lipinski definition) is 1. The molecule has 21 heavy (non-hydrogen) atoms. The lowest BCUT2D eigenvalue weighted by Gasteiger charge is -2.44. The predicted octanol–water partition coefficient (Wildman–Crippen LogP) is 5.43. The van der Waals surface area contributed by atoms with Crippen molar-refractivity contribution in [1.29, 1.82) is 0 Å². The summed E-state index contributed by atoms with van der Waals surface area (Å²) >= 11 is 0. The molecule has 2 aliphatic rings. The Bertz CT molecular complexity index is 472. The number of hydrogen-bond donors (Lipinski definition) is 1. The van der Waals surface area contributed by atoms with E-state index in [0.29, 0.717) is 11.5 Å². The summed E-state index contributed by atoms with van der Waals surface area (Å²) in [5, 5.41) is 3.69. The van der Waals surface area contributed by atoms with Gasteiger partial charge in [-0.2, -0.15) is 0 Å². The average molecular weight is 285 g/mol. The molecule has 0 bridgehead atoms. The highest BCUT2D eigenvalue weighted by molar-refractivity contribution is 5.35. The van der Waals surface area contributed by atoms with Crippen LogP contribution in [0.5, 0.6) is 0 Å². The molecule has 0 spiro atoms. The molecule has 0 heterocycles. The molecule has 2 fully saturated rings. The van der Waals surface area contributed by atoms with Crippen LogP contribution >= 0.6 is 0 Å². The van der Waals surface area contributed by atoms with E-state index in [9.17, 15) is 0 Å². The number of rotatable bonds is 4. The summed E-state index contributed by atoms with van der Waals surface area (Å²) < 4.78 is 0. The highest BCUT2D eigenvalue weighted by Gasteiger charge is 2.38. The predicted molar refractivity (Wildman–Crippen MR) is 90.6 cm³/mol. The third-order valence-corrected chi connectivity index (χ3v) is 6.18. The van der Waals surface area contributed by atoms with E-state index in [2.05, 4.69) is 50.5 Å².